The van der Waals surface area contributed by atoms with Crippen molar-refractivity contribution in [3.8, 4) is 0 Å². The number of carbonyl (C=O) groups excluding carboxylic acids is 1. The lowest BCUT2D eigenvalue weighted by atomic mass is 10.2. The van der Waals surface area contributed by atoms with E-state index in [4.69, 9.17) is 11.6 Å². The highest BCUT2D eigenvalue weighted by Crippen LogP contribution is 2.20. The number of hydrogen-bond donors (Lipinski definition) is 2. The van der Waals surface area contributed by atoms with Gasteiger partial charge < -0.3 is 10.6 Å². The van der Waals surface area contributed by atoms with E-state index in [1.807, 2.05) is 25.1 Å². The van der Waals surface area contributed by atoms with Crippen LogP contribution in [0.3, 0.4) is 0 Å². The summed E-state index contributed by atoms with van der Waals surface area (Å²) in [7, 11) is 0. The molecule has 0 unspecified atom stereocenters. The number of amides is 1. The van der Waals surface area contributed by atoms with E-state index in [0.717, 1.165) is 24.1 Å². The van der Waals surface area contributed by atoms with E-state index in [-0.39, 0.29) is 5.91 Å². The van der Waals surface area contributed by atoms with Gasteiger partial charge in [-0.2, -0.15) is 0 Å². The topological polar surface area (TPSA) is 41.1 Å². The van der Waals surface area contributed by atoms with E-state index >= 15 is 0 Å². The molecule has 0 aliphatic heterocycles. The lowest BCUT2D eigenvalue weighted by Crippen LogP contribution is -2.36. The summed E-state index contributed by atoms with van der Waals surface area (Å²) < 4.78 is 0. The molecule has 1 aliphatic carbocycles. The predicted molar refractivity (Wildman–Crippen MR) is 75.1 cm³/mol. The third-order valence-electron chi connectivity index (χ3n) is 3.36. The van der Waals surface area contributed by atoms with Gasteiger partial charge >= 0.3 is 0 Å². The maximum atomic E-state index is 11.8. The fourth-order valence-corrected chi connectivity index (χ4v) is 2.48. The van der Waals surface area contributed by atoms with Crippen molar-refractivity contribution in [1.82, 2.24) is 5.32 Å². The Balaban J connectivity index is 1.83. The van der Waals surface area contributed by atoms with Crippen LogP contribution in [0, 0.1) is 6.92 Å². The molecule has 1 saturated carbocycles. The first-order chi connectivity index (χ1) is 8.65. The van der Waals surface area contributed by atoms with Crippen molar-refractivity contribution in [2.45, 2.75) is 38.6 Å². The van der Waals surface area contributed by atoms with Crippen LogP contribution in [-0.2, 0) is 4.79 Å². The number of nitrogens with one attached hydrogen (secondary N) is 2. The minimum absolute atomic E-state index is 0.0567. The summed E-state index contributed by atoms with van der Waals surface area (Å²) in [5, 5.41) is 6.86. The van der Waals surface area contributed by atoms with Crippen molar-refractivity contribution >= 4 is 23.2 Å². The summed E-state index contributed by atoms with van der Waals surface area (Å²) in [6.07, 6.45) is 4.68. The van der Waals surface area contributed by atoms with Gasteiger partial charge in [-0.15, -0.1) is 0 Å². The summed E-state index contributed by atoms with van der Waals surface area (Å²) in [6.45, 7) is 2.30. The lowest BCUT2D eigenvalue weighted by Gasteiger charge is -2.14. The quantitative estimate of drug-likeness (QED) is 0.879. The first-order valence-electron chi connectivity index (χ1n) is 6.44. The van der Waals surface area contributed by atoms with Crippen LogP contribution in [0.2, 0.25) is 5.02 Å². The normalized spacial score (nSPS) is 15.7. The Labute approximate surface area is 113 Å². The van der Waals surface area contributed by atoms with Crippen LogP contribution in [0.1, 0.15) is 31.2 Å². The minimum Gasteiger partial charge on any atom is -0.376 e. The average Bonchev–Trinajstić information content (AvgIpc) is 2.83. The molecule has 2 N–H and O–H groups in total. The molecule has 1 aromatic rings. The van der Waals surface area contributed by atoms with Crippen molar-refractivity contribution in [3.05, 3.63) is 28.8 Å². The molecule has 1 aromatic carbocycles. The van der Waals surface area contributed by atoms with Crippen molar-refractivity contribution in [2.24, 2.45) is 0 Å². The Morgan fingerprint density at radius 2 is 2.11 bits per heavy atom. The number of carbonyl (C=O) groups is 1. The first-order valence-corrected chi connectivity index (χ1v) is 6.82. The number of rotatable bonds is 4. The van der Waals surface area contributed by atoms with E-state index in [2.05, 4.69) is 10.6 Å². The molecule has 0 spiro atoms. The monoisotopic (exact) mass is 266 g/mol. The van der Waals surface area contributed by atoms with Gasteiger partial charge in [0.25, 0.3) is 0 Å². The maximum Gasteiger partial charge on any atom is 0.239 e. The third-order valence-corrected chi connectivity index (χ3v) is 3.59. The van der Waals surface area contributed by atoms with Crippen LogP contribution in [-0.4, -0.2) is 18.5 Å². The van der Waals surface area contributed by atoms with Crippen LogP contribution >= 0.6 is 11.6 Å². The van der Waals surface area contributed by atoms with Crippen molar-refractivity contribution in [1.29, 1.82) is 0 Å². The molecule has 0 atom stereocenters. The minimum atomic E-state index is 0.0567. The molecule has 0 saturated heterocycles. The SMILES string of the molecule is Cc1ccc(Cl)cc1NCC(=O)NC1CCCC1. The molecule has 2 rings (SSSR count). The Kier molecular flexibility index (Phi) is 4.48. The van der Waals surface area contributed by atoms with Crippen LogP contribution < -0.4 is 10.6 Å². The molecule has 1 fully saturated rings. The number of anilines is 1. The number of benzene rings is 1. The molecule has 3 nitrogen and oxygen atoms in total. The number of hydrogen-bond acceptors (Lipinski definition) is 2. The highest BCUT2D eigenvalue weighted by Gasteiger charge is 2.16. The highest BCUT2D eigenvalue weighted by atomic mass is 35.5. The van der Waals surface area contributed by atoms with Crippen LogP contribution in [0.25, 0.3) is 0 Å². The van der Waals surface area contributed by atoms with Gasteiger partial charge in [0, 0.05) is 16.8 Å². The molecule has 18 heavy (non-hydrogen) atoms. The molecule has 1 aliphatic rings. The summed E-state index contributed by atoms with van der Waals surface area (Å²) in [5.74, 6) is 0.0567. The summed E-state index contributed by atoms with van der Waals surface area (Å²) in [6, 6.07) is 6.01. The van der Waals surface area contributed by atoms with Crippen LogP contribution in [0.15, 0.2) is 18.2 Å². The number of halogens is 1. The van der Waals surface area contributed by atoms with Gasteiger partial charge in [-0.05, 0) is 37.5 Å². The zero-order chi connectivity index (χ0) is 13.0. The van der Waals surface area contributed by atoms with Gasteiger partial charge in [0.15, 0.2) is 0 Å². The van der Waals surface area contributed by atoms with Gasteiger partial charge in [-0.25, -0.2) is 0 Å². The molecule has 0 aromatic heterocycles. The second-order valence-corrected chi connectivity index (χ2v) is 5.30. The molecular weight excluding hydrogens is 248 g/mol. The smallest absolute Gasteiger partial charge is 0.239 e. The summed E-state index contributed by atoms with van der Waals surface area (Å²) in [4.78, 5) is 11.8. The van der Waals surface area contributed by atoms with Gasteiger partial charge in [0.1, 0.15) is 0 Å². The van der Waals surface area contributed by atoms with Gasteiger partial charge in [-0.3, -0.25) is 4.79 Å². The second kappa shape index (κ2) is 6.10. The van der Waals surface area contributed by atoms with Crippen LogP contribution in [0.4, 0.5) is 5.69 Å². The fraction of sp³-hybridized carbons (Fsp3) is 0.500. The zero-order valence-corrected chi connectivity index (χ0v) is 11.4. The fourth-order valence-electron chi connectivity index (χ4n) is 2.31. The van der Waals surface area contributed by atoms with E-state index in [9.17, 15) is 4.79 Å². The maximum absolute atomic E-state index is 11.8. The Morgan fingerprint density at radius 1 is 1.39 bits per heavy atom. The lowest BCUT2D eigenvalue weighted by molar-refractivity contribution is -0.120. The van der Waals surface area contributed by atoms with E-state index in [1.54, 1.807) is 0 Å². The van der Waals surface area contributed by atoms with Crippen molar-refractivity contribution in [3.63, 3.8) is 0 Å². The molecule has 0 radical (unpaired) electrons. The van der Waals surface area contributed by atoms with Crippen molar-refractivity contribution in [2.75, 3.05) is 11.9 Å². The zero-order valence-electron chi connectivity index (χ0n) is 10.6. The first kappa shape index (κ1) is 13.2. The molecule has 4 heteroatoms. The third kappa shape index (κ3) is 3.64. The summed E-state index contributed by atoms with van der Waals surface area (Å²) >= 11 is 5.93. The Hall–Kier alpha value is -1.22. The predicted octanol–water partition coefficient (Wildman–Crippen LogP) is 3.12. The van der Waals surface area contributed by atoms with E-state index in [1.165, 1.54) is 12.8 Å². The standard InChI is InChI=1S/C14H19ClN2O/c1-10-6-7-11(15)8-13(10)16-9-14(18)17-12-4-2-3-5-12/h6-8,12,16H,2-5,9H2,1H3,(H,17,18). The molecule has 0 heterocycles. The van der Waals surface area contributed by atoms with Crippen molar-refractivity contribution < 1.29 is 4.79 Å². The number of aryl methyl sites for hydroxylation is 1. The summed E-state index contributed by atoms with van der Waals surface area (Å²) in [5.41, 5.74) is 2.01. The van der Waals surface area contributed by atoms with Gasteiger partial charge in [0.05, 0.1) is 6.54 Å². The Morgan fingerprint density at radius 3 is 2.83 bits per heavy atom. The van der Waals surface area contributed by atoms with E-state index in [0.29, 0.717) is 17.6 Å². The molecule has 98 valence electrons. The van der Waals surface area contributed by atoms with Gasteiger partial charge in [0.2, 0.25) is 5.91 Å². The van der Waals surface area contributed by atoms with Gasteiger partial charge in [-0.1, -0.05) is 30.5 Å². The van der Waals surface area contributed by atoms with E-state index < -0.39 is 0 Å². The molecule has 1 amide bonds. The highest BCUT2D eigenvalue weighted by molar-refractivity contribution is 6.30. The van der Waals surface area contributed by atoms with Crippen LogP contribution in [0.5, 0.6) is 0 Å². The molecular formula is C14H19ClN2O. The average molecular weight is 267 g/mol. The largest absolute Gasteiger partial charge is 0.376 e. The Bertz CT molecular complexity index is 428. The second-order valence-electron chi connectivity index (χ2n) is 4.86. The molecule has 0 bridgehead atoms.